The van der Waals surface area contributed by atoms with Crippen LogP contribution in [0.25, 0.3) is 6.08 Å². The van der Waals surface area contributed by atoms with Crippen molar-refractivity contribution in [2.24, 2.45) is 0 Å². The number of benzene rings is 2. The first-order chi connectivity index (χ1) is 11.9. The number of halogens is 2. The Morgan fingerprint density at radius 3 is 2.64 bits per heavy atom. The van der Waals surface area contributed by atoms with Crippen molar-refractivity contribution >= 4 is 39.1 Å². The van der Waals surface area contributed by atoms with Gasteiger partial charge in [0.05, 0.1) is 9.92 Å². The van der Waals surface area contributed by atoms with Crippen molar-refractivity contribution in [2.45, 2.75) is 4.90 Å². The van der Waals surface area contributed by atoms with Gasteiger partial charge in [0, 0.05) is 10.6 Å². The summed E-state index contributed by atoms with van der Waals surface area (Å²) in [4.78, 5) is -0.732. The molecule has 126 valence electrons. The Hall–Kier alpha value is -2.44. The average molecular weight is 392 g/mol. The van der Waals surface area contributed by atoms with Gasteiger partial charge in [-0.1, -0.05) is 47.3 Å². The van der Waals surface area contributed by atoms with Crippen LogP contribution in [0.3, 0.4) is 0 Å². The van der Waals surface area contributed by atoms with Crippen LogP contribution >= 0.6 is 23.2 Å². The molecule has 0 atom stereocenters. The zero-order valence-electron chi connectivity index (χ0n) is 12.7. The van der Waals surface area contributed by atoms with Gasteiger partial charge in [-0.2, -0.15) is 5.26 Å². The van der Waals surface area contributed by atoms with Crippen LogP contribution in [0.4, 0.5) is 0 Å². The molecular formula is C18H11Cl2NO3S. The number of nitrogens with zero attached hydrogens (tertiary/aromatic N) is 1. The third kappa shape index (κ3) is 4.35. The first kappa shape index (κ1) is 18.9. The molecule has 0 radical (unpaired) electrons. The number of allylic oxidation sites excluding steroid dienone is 1. The van der Waals surface area contributed by atoms with Crippen molar-refractivity contribution < 1.29 is 13.2 Å². The van der Waals surface area contributed by atoms with Crippen molar-refractivity contribution in [1.29, 1.82) is 5.26 Å². The van der Waals surface area contributed by atoms with Gasteiger partial charge >= 0.3 is 0 Å². The van der Waals surface area contributed by atoms with E-state index in [-0.39, 0.29) is 21.5 Å². The molecule has 25 heavy (non-hydrogen) atoms. The predicted octanol–water partition coefficient (Wildman–Crippen LogP) is 4.34. The zero-order chi connectivity index (χ0) is 18.4. The van der Waals surface area contributed by atoms with Crippen LogP contribution in [-0.2, 0) is 9.84 Å². The maximum Gasteiger partial charge on any atom is 0.218 e. The largest absolute Gasteiger partial charge is 0.480 e. The second-order valence-corrected chi connectivity index (χ2v) is 7.46. The van der Waals surface area contributed by atoms with E-state index in [0.717, 1.165) is 0 Å². The molecule has 0 heterocycles. The Kier molecular flexibility index (Phi) is 6.12. The van der Waals surface area contributed by atoms with Gasteiger partial charge in [-0.15, -0.1) is 6.42 Å². The lowest BCUT2D eigenvalue weighted by molar-refractivity contribution is 0.369. The molecule has 0 saturated carbocycles. The highest BCUT2D eigenvalue weighted by Gasteiger charge is 2.24. The Morgan fingerprint density at radius 1 is 1.24 bits per heavy atom. The summed E-state index contributed by atoms with van der Waals surface area (Å²) in [5.74, 6) is 2.68. The molecule has 0 N–H and O–H groups in total. The number of rotatable bonds is 5. The topological polar surface area (TPSA) is 67.2 Å². The van der Waals surface area contributed by atoms with E-state index in [0.29, 0.717) is 11.3 Å². The molecule has 0 bridgehead atoms. The Bertz CT molecular complexity index is 1020. The summed E-state index contributed by atoms with van der Waals surface area (Å²) < 4.78 is 30.9. The number of nitriles is 1. The SMILES string of the molecule is C#CCOc1ccccc1/C=C(\C#N)S(=O)(=O)c1cc(Cl)ccc1Cl. The van der Waals surface area contributed by atoms with E-state index in [4.69, 9.17) is 34.4 Å². The smallest absolute Gasteiger partial charge is 0.218 e. The quantitative estimate of drug-likeness (QED) is 0.561. The lowest BCUT2D eigenvalue weighted by Gasteiger charge is -2.08. The summed E-state index contributed by atoms with van der Waals surface area (Å²) in [6.07, 6.45) is 6.37. The van der Waals surface area contributed by atoms with E-state index in [9.17, 15) is 13.7 Å². The van der Waals surface area contributed by atoms with Crippen molar-refractivity contribution in [3.05, 3.63) is 63.0 Å². The number of para-hydroxylation sites is 1. The molecular weight excluding hydrogens is 381 g/mol. The second kappa shape index (κ2) is 8.09. The molecule has 0 spiro atoms. The van der Waals surface area contributed by atoms with E-state index in [1.54, 1.807) is 30.3 Å². The highest BCUT2D eigenvalue weighted by molar-refractivity contribution is 7.95. The predicted molar refractivity (Wildman–Crippen MR) is 98.0 cm³/mol. The summed E-state index contributed by atoms with van der Waals surface area (Å²) in [7, 11) is -4.15. The maximum absolute atomic E-state index is 12.8. The fraction of sp³-hybridized carbons (Fsp3) is 0.0556. The molecule has 0 amide bonds. The van der Waals surface area contributed by atoms with Crippen LogP contribution in [0.15, 0.2) is 52.3 Å². The van der Waals surface area contributed by atoms with Crippen molar-refractivity contribution in [3.8, 4) is 24.2 Å². The van der Waals surface area contributed by atoms with Gasteiger partial charge in [0.2, 0.25) is 9.84 Å². The van der Waals surface area contributed by atoms with Crippen LogP contribution < -0.4 is 4.74 Å². The van der Waals surface area contributed by atoms with Gasteiger partial charge in [-0.25, -0.2) is 8.42 Å². The Labute approximate surface area is 156 Å². The Morgan fingerprint density at radius 2 is 1.96 bits per heavy atom. The maximum atomic E-state index is 12.8. The van der Waals surface area contributed by atoms with E-state index in [2.05, 4.69) is 5.92 Å². The van der Waals surface area contributed by atoms with E-state index >= 15 is 0 Å². The number of hydrogen-bond acceptors (Lipinski definition) is 4. The molecule has 4 nitrogen and oxygen atoms in total. The fourth-order valence-electron chi connectivity index (χ4n) is 1.96. The van der Waals surface area contributed by atoms with Crippen LogP contribution in [0.1, 0.15) is 5.56 Å². The molecule has 2 rings (SSSR count). The van der Waals surface area contributed by atoms with Gasteiger partial charge in [-0.3, -0.25) is 0 Å². The number of terminal acetylenes is 1. The highest BCUT2D eigenvalue weighted by atomic mass is 35.5. The molecule has 0 aliphatic carbocycles. The first-order valence-electron chi connectivity index (χ1n) is 6.87. The molecule has 0 aliphatic rings. The standard InChI is InChI=1S/C18H11Cl2NO3S/c1-2-9-24-17-6-4-3-5-13(17)10-15(12-21)25(22,23)18-11-14(19)7-8-16(18)20/h1,3-8,10-11H,9H2/b15-10+. The third-order valence-corrected chi connectivity index (χ3v) is 5.48. The van der Waals surface area contributed by atoms with Crippen molar-refractivity contribution in [1.82, 2.24) is 0 Å². The average Bonchev–Trinajstić information content (AvgIpc) is 2.60. The van der Waals surface area contributed by atoms with Gasteiger partial charge in [0.25, 0.3) is 0 Å². The van der Waals surface area contributed by atoms with E-state index in [1.165, 1.54) is 24.3 Å². The number of ether oxygens (including phenoxy) is 1. The lowest BCUT2D eigenvalue weighted by atomic mass is 10.2. The highest BCUT2D eigenvalue weighted by Crippen LogP contribution is 2.31. The van der Waals surface area contributed by atoms with Crippen LogP contribution in [0.5, 0.6) is 5.75 Å². The molecule has 0 aromatic heterocycles. The molecule has 2 aromatic carbocycles. The van der Waals surface area contributed by atoms with Crippen LogP contribution in [0, 0.1) is 23.7 Å². The molecule has 0 saturated heterocycles. The molecule has 0 aliphatic heterocycles. The summed E-state index contributed by atoms with van der Waals surface area (Å²) in [6, 6.07) is 12.3. The third-order valence-electron chi connectivity index (χ3n) is 3.10. The summed E-state index contributed by atoms with van der Waals surface area (Å²) in [6.45, 7) is 0.0135. The molecule has 7 heteroatoms. The van der Waals surface area contributed by atoms with E-state index in [1.807, 2.05) is 0 Å². The zero-order valence-corrected chi connectivity index (χ0v) is 15.1. The summed E-state index contributed by atoms with van der Waals surface area (Å²) >= 11 is 11.8. The minimum atomic E-state index is -4.15. The van der Waals surface area contributed by atoms with Gasteiger partial charge < -0.3 is 4.74 Å². The van der Waals surface area contributed by atoms with Crippen molar-refractivity contribution in [3.63, 3.8) is 0 Å². The minimum Gasteiger partial charge on any atom is -0.480 e. The van der Waals surface area contributed by atoms with Gasteiger partial charge in [0.15, 0.2) is 0 Å². The Balaban J connectivity index is 2.57. The minimum absolute atomic E-state index is 0.0135. The van der Waals surface area contributed by atoms with Crippen LogP contribution in [0.2, 0.25) is 10.0 Å². The van der Waals surface area contributed by atoms with Gasteiger partial charge in [0.1, 0.15) is 23.3 Å². The van der Waals surface area contributed by atoms with Crippen LogP contribution in [-0.4, -0.2) is 15.0 Å². The molecule has 2 aromatic rings. The fourth-order valence-corrected chi connectivity index (χ4v) is 3.87. The molecule has 0 unspecified atom stereocenters. The number of sulfone groups is 1. The monoisotopic (exact) mass is 391 g/mol. The van der Waals surface area contributed by atoms with Gasteiger partial charge in [-0.05, 0) is 30.3 Å². The summed E-state index contributed by atoms with van der Waals surface area (Å²) in [5.41, 5.74) is 0.399. The number of hydrogen-bond donors (Lipinski definition) is 0. The first-order valence-corrected chi connectivity index (χ1v) is 9.11. The van der Waals surface area contributed by atoms with E-state index < -0.39 is 14.7 Å². The molecule has 0 fully saturated rings. The summed E-state index contributed by atoms with van der Waals surface area (Å²) in [5, 5.41) is 9.53. The second-order valence-electron chi connectivity index (χ2n) is 4.73. The lowest BCUT2D eigenvalue weighted by Crippen LogP contribution is -2.05. The normalized spacial score (nSPS) is 11.4. The van der Waals surface area contributed by atoms with Crippen molar-refractivity contribution in [2.75, 3.05) is 6.61 Å².